The molecule has 0 saturated carbocycles. The minimum Gasteiger partial charge on any atom is -0.478 e. The molecule has 0 unspecified atom stereocenters. The van der Waals surface area contributed by atoms with E-state index in [1.54, 1.807) is 0 Å². The summed E-state index contributed by atoms with van der Waals surface area (Å²) >= 11 is 0. The monoisotopic (exact) mass is 280 g/mol. The first-order valence-electron chi connectivity index (χ1n) is 6.59. The van der Waals surface area contributed by atoms with Crippen LogP contribution in [0.5, 0.6) is 0 Å². The minimum absolute atomic E-state index is 0.0196. The molecular formula is C14H20N2O4. The highest BCUT2D eigenvalue weighted by Gasteiger charge is 2.15. The number of amides is 3. The van der Waals surface area contributed by atoms with Gasteiger partial charge in [-0.2, -0.15) is 0 Å². The highest BCUT2D eigenvalue weighted by Crippen LogP contribution is 2.19. The Morgan fingerprint density at radius 2 is 1.95 bits per heavy atom. The third-order valence-electron chi connectivity index (χ3n) is 3.32. The molecule has 1 aliphatic carbocycles. The van der Waals surface area contributed by atoms with Crippen molar-refractivity contribution in [1.29, 1.82) is 0 Å². The van der Waals surface area contributed by atoms with Gasteiger partial charge in [0.15, 0.2) is 0 Å². The zero-order chi connectivity index (χ0) is 15.1. The van der Waals surface area contributed by atoms with Gasteiger partial charge in [0, 0.05) is 17.7 Å². The second kappa shape index (κ2) is 7.47. The Morgan fingerprint density at radius 1 is 1.25 bits per heavy atom. The number of nitrogens with one attached hydrogen (secondary N) is 2. The Bertz CT molecular complexity index is 478. The van der Waals surface area contributed by atoms with Crippen LogP contribution < -0.4 is 10.6 Å². The van der Waals surface area contributed by atoms with E-state index < -0.39 is 17.9 Å². The number of carbonyl (C=O) groups is 3. The predicted octanol–water partition coefficient (Wildman–Crippen LogP) is 1.73. The summed E-state index contributed by atoms with van der Waals surface area (Å²) in [7, 11) is 0. The van der Waals surface area contributed by atoms with Crippen molar-refractivity contribution in [3.8, 4) is 0 Å². The predicted molar refractivity (Wildman–Crippen MR) is 74.1 cm³/mol. The zero-order valence-corrected chi connectivity index (χ0v) is 11.8. The lowest BCUT2D eigenvalue weighted by atomic mass is 10.1. The summed E-state index contributed by atoms with van der Waals surface area (Å²) < 4.78 is 0. The number of carboxylic acids is 1. The van der Waals surface area contributed by atoms with Gasteiger partial charge >= 0.3 is 12.0 Å². The second-order valence-corrected chi connectivity index (χ2v) is 4.77. The molecule has 0 aromatic carbocycles. The molecule has 0 atom stereocenters. The van der Waals surface area contributed by atoms with Gasteiger partial charge < -0.3 is 10.4 Å². The quantitative estimate of drug-likeness (QED) is 0.528. The molecule has 20 heavy (non-hydrogen) atoms. The molecule has 0 aromatic rings. The number of rotatable bonds is 5. The normalized spacial score (nSPS) is 15.2. The molecule has 3 N–H and O–H groups in total. The van der Waals surface area contributed by atoms with E-state index in [9.17, 15) is 14.4 Å². The van der Waals surface area contributed by atoms with Crippen LogP contribution >= 0.6 is 0 Å². The molecule has 0 fully saturated rings. The van der Waals surface area contributed by atoms with Crippen LogP contribution in [-0.4, -0.2) is 29.6 Å². The van der Waals surface area contributed by atoms with E-state index in [0.717, 1.165) is 19.3 Å². The van der Waals surface area contributed by atoms with Gasteiger partial charge in [-0.15, -0.1) is 0 Å². The smallest absolute Gasteiger partial charge is 0.331 e. The molecule has 3 amide bonds. The van der Waals surface area contributed by atoms with Crippen LogP contribution in [-0.2, 0) is 9.59 Å². The molecule has 0 aliphatic heterocycles. The summed E-state index contributed by atoms with van der Waals surface area (Å²) in [5.41, 5.74) is 1.27. The lowest BCUT2D eigenvalue weighted by Gasteiger charge is -2.08. The molecule has 110 valence electrons. The van der Waals surface area contributed by atoms with Crippen molar-refractivity contribution >= 4 is 17.9 Å². The van der Waals surface area contributed by atoms with E-state index in [4.69, 9.17) is 5.11 Å². The zero-order valence-electron chi connectivity index (χ0n) is 11.8. The van der Waals surface area contributed by atoms with E-state index >= 15 is 0 Å². The van der Waals surface area contributed by atoms with Gasteiger partial charge in [0.1, 0.15) is 0 Å². The lowest BCUT2D eigenvalue weighted by Crippen LogP contribution is -2.40. The molecule has 6 nitrogen and oxygen atoms in total. The van der Waals surface area contributed by atoms with E-state index in [2.05, 4.69) is 16.7 Å². The number of carboxylic acid groups (broad SMARTS) is 1. The Balaban J connectivity index is 2.36. The molecule has 0 spiro atoms. The molecule has 0 aromatic heterocycles. The molecule has 1 rings (SSSR count). The van der Waals surface area contributed by atoms with Gasteiger partial charge in [-0.05, 0) is 39.5 Å². The van der Waals surface area contributed by atoms with Gasteiger partial charge in [0.05, 0.1) is 0 Å². The third-order valence-corrected chi connectivity index (χ3v) is 3.32. The van der Waals surface area contributed by atoms with Gasteiger partial charge in [-0.25, -0.2) is 9.59 Å². The molecule has 6 heteroatoms. The van der Waals surface area contributed by atoms with E-state index in [0.29, 0.717) is 6.54 Å². The van der Waals surface area contributed by atoms with Crippen LogP contribution in [0.15, 0.2) is 22.8 Å². The summed E-state index contributed by atoms with van der Waals surface area (Å²) in [5.74, 6) is -1.87. The van der Waals surface area contributed by atoms with Crippen molar-refractivity contribution in [3.63, 3.8) is 0 Å². The highest BCUT2D eigenvalue weighted by molar-refractivity contribution is 6.07. The fraction of sp³-hybridized carbons (Fsp3) is 0.500. The minimum atomic E-state index is -1.17. The summed E-state index contributed by atoms with van der Waals surface area (Å²) in [6, 6.07) is -0.605. The van der Waals surface area contributed by atoms with E-state index in [1.807, 2.05) is 0 Å². The summed E-state index contributed by atoms with van der Waals surface area (Å²) in [5, 5.41) is 13.4. The standard InChI is InChI=1S/C14H20N2O4/c1-9(10(2)13(18)19)12(17)16-14(20)15-8-7-11-5-3-4-6-11/h5H,3-4,6-8H2,1-2H3,(H,18,19)(H2,15,16,17,20). The van der Waals surface area contributed by atoms with Crippen molar-refractivity contribution in [2.75, 3.05) is 6.54 Å². The average molecular weight is 280 g/mol. The maximum Gasteiger partial charge on any atom is 0.331 e. The average Bonchev–Trinajstić information content (AvgIpc) is 2.89. The van der Waals surface area contributed by atoms with Crippen LogP contribution in [0.25, 0.3) is 0 Å². The Kier molecular flexibility index (Phi) is 5.96. The number of aliphatic carboxylic acids is 1. The number of allylic oxidation sites excluding steroid dienone is 1. The number of hydrogen-bond donors (Lipinski definition) is 3. The fourth-order valence-corrected chi connectivity index (χ4v) is 1.87. The second-order valence-electron chi connectivity index (χ2n) is 4.77. The Labute approximate surface area is 117 Å². The van der Waals surface area contributed by atoms with Crippen LogP contribution in [0, 0.1) is 0 Å². The first-order valence-corrected chi connectivity index (χ1v) is 6.59. The Morgan fingerprint density at radius 3 is 2.50 bits per heavy atom. The Hall–Kier alpha value is -2.11. The fourth-order valence-electron chi connectivity index (χ4n) is 1.87. The first kappa shape index (κ1) is 15.9. The molecule has 1 aliphatic rings. The topological polar surface area (TPSA) is 95.5 Å². The van der Waals surface area contributed by atoms with Crippen LogP contribution in [0.1, 0.15) is 39.5 Å². The third kappa shape index (κ3) is 4.87. The molecule has 0 bridgehead atoms. The van der Waals surface area contributed by atoms with Crippen molar-refractivity contribution in [2.45, 2.75) is 39.5 Å². The number of hydrogen-bond acceptors (Lipinski definition) is 3. The summed E-state index contributed by atoms with van der Waals surface area (Å²) in [4.78, 5) is 33.8. The molecule has 0 heterocycles. The van der Waals surface area contributed by atoms with Gasteiger partial charge in [-0.1, -0.05) is 11.6 Å². The van der Waals surface area contributed by atoms with Crippen molar-refractivity contribution in [1.82, 2.24) is 10.6 Å². The maximum absolute atomic E-state index is 11.6. The molecule has 0 radical (unpaired) electrons. The highest BCUT2D eigenvalue weighted by atomic mass is 16.4. The maximum atomic E-state index is 11.6. The lowest BCUT2D eigenvalue weighted by molar-refractivity contribution is -0.133. The number of imide groups is 1. The van der Waals surface area contributed by atoms with Crippen LogP contribution in [0.3, 0.4) is 0 Å². The van der Waals surface area contributed by atoms with Gasteiger partial charge in [0.2, 0.25) is 0 Å². The number of urea groups is 1. The summed E-state index contributed by atoms with van der Waals surface area (Å²) in [6.07, 6.45) is 6.29. The van der Waals surface area contributed by atoms with Crippen molar-refractivity contribution in [2.24, 2.45) is 0 Å². The van der Waals surface area contributed by atoms with Crippen molar-refractivity contribution in [3.05, 3.63) is 22.8 Å². The molecule has 0 saturated heterocycles. The van der Waals surface area contributed by atoms with Gasteiger partial charge in [-0.3, -0.25) is 10.1 Å². The number of carbonyl (C=O) groups excluding carboxylic acids is 2. The molecular weight excluding hydrogens is 260 g/mol. The SMILES string of the molecule is CC(C(=O)O)=C(C)C(=O)NC(=O)NCCC1=CCCC1. The largest absolute Gasteiger partial charge is 0.478 e. The van der Waals surface area contributed by atoms with E-state index in [1.165, 1.54) is 25.8 Å². The summed E-state index contributed by atoms with van der Waals surface area (Å²) in [6.45, 7) is 3.16. The van der Waals surface area contributed by atoms with E-state index in [-0.39, 0.29) is 11.1 Å². The van der Waals surface area contributed by atoms with Gasteiger partial charge in [0.25, 0.3) is 5.91 Å². The van der Waals surface area contributed by atoms with Crippen LogP contribution in [0.2, 0.25) is 0 Å². The van der Waals surface area contributed by atoms with Crippen LogP contribution in [0.4, 0.5) is 4.79 Å². The van der Waals surface area contributed by atoms with Crippen molar-refractivity contribution < 1.29 is 19.5 Å². The first-order chi connectivity index (χ1) is 9.41.